The van der Waals surface area contributed by atoms with Crippen molar-refractivity contribution in [2.75, 3.05) is 13.6 Å². The number of hydrogen-bond acceptors (Lipinski definition) is 2. The second-order valence-electron chi connectivity index (χ2n) is 8.34. The van der Waals surface area contributed by atoms with Crippen molar-refractivity contribution in [3.05, 3.63) is 46.5 Å². The molecule has 1 saturated heterocycles. The van der Waals surface area contributed by atoms with Crippen molar-refractivity contribution in [1.29, 1.82) is 0 Å². The summed E-state index contributed by atoms with van der Waals surface area (Å²) in [6.07, 6.45) is 6.73. The zero-order valence-corrected chi connectivity index (χ0v) is 18.7. The molecule has 0 N–H and O–H groups in total. The van der Waals surface area contributed by atoms with E-state index in [1.54, 1.807) is 0 Å². The molecule has 1 aromatic carbocycles. The van der Waals surface area contributed by atoms with E-state index in [-0.39, 0.29) is 5.91 Å². The predicted octanol–water partition coefficient (Wildman–Crippen LogP) is 6.28. The molecule has 0 radical (unpaired) electrons. The highest BCUT2D eigenvalue weighted by atomic mass is 16.2. The van der Waals surface area contributed by atoms with Crippen molar-refractivity contribution >= 4 is 11.6 Å². The Bertz CT molecular complexity index is 728. The number of nitrogens with zero attached hydrogens (tertiary/aromatic N) is 2. The van der Waals surface area contributed by atoms with Crippen LogP contribution in [0.4, 0.5) is 0 Å². The molecule has 2 atom stereocenters. The lowest BCUT2D eigenvalue weighted by Crippen LogP contribution is -2.30. The smallest absolute Gasteiger partial charge is 0.222 e. The van der Waals surface area contributed by atoms with Crippen LogP contribution in [-0.2, 0) is 4.79 Å². The van der Waals surface area contributed by atoms with Gasteiger partial charge in [-0.05, 0) is 75.5 Å². The van der Waals surface area contributed by atoms with E-state index in [1.807, 2.05) is 18.9 Å². The van der Waals surface area contributed by atoms with Gasteiger partial charge in [0.2, 0.25) is 5.91 Å². The van der Waals surface area contributed by atoms with Crippen LogP contribution in [0.15, 0.2) is 40.4 Å². The number of rotatable bonds is 2. The van der Waals surface area contributed by atoms with Gasteiger partial charge in [0.1, 0.15) is 0 Å². The Morgan fingerprint density at radius 2 is 1.89 bits per heavy atom. The number of aryl methyl sites for hydroxylation is 1. The molecule has 3 rings (SSSR count). The van der Waals surface area contributed by atoms with Gasteiger partial charge in [-0.1, -0.05) is 43.7 Å². The number of aliphatic imine (C=N–C) groups is 1. The molecule has 1 aliphatic heterocycles. The molecule has 2 fully saturated rings. The first-order valence-electron chi connectivity index (χ1n) is 10.9. The van der Waals surface area contributed by atoms with Crippen LogP contribution >= 0.6 is 0 Å². The quantitative estimate of drug-likeness (QED) is 0.592. The summed E-state index contributed by atoms with van der Waals surface area (Å²) in [4.78, 5) is 18.3. The average molecular weight is 383 g/mol. The van der Waals surface area contributed by atoms with E-state index in [2.05, 4.69) is 57.0 Å². The van der Waals surface area contributed by atoms with Gasteiger partial charge < -0.3 is 4.90 Å². The van der Waals surface area contributed by atoms with Crippen LogP contribution in [0.3, 0.4) is 0 Å². The predicted molar refractivity (Wildman–Crippen MR) is 120 cm³/mol. The van der Waals surface area contributed by atoms with Gasteiger partial charge in [0.15, 0.2) is 0 Å². The van der Waals surface area contributed by atoms with Crippen LogP contribution in [0.1, 0.15) is 83.4 Å². The summed E-state index contributed by atoms with van der Waals surface area (Å²) in [5.41, 5.74) is 6.92. The molecule has 1 aliphatic carbocycles. The minimum absolute atomic E-state index is 0.283. The molecule has 0 aromatic heterocycles. The standard InChI is InChI=1S/C14H19NO.C11H19N/c1-3-14(16)15-10-6-9-13(15)12-8-5-4-7-11(12)2;1-8(2)10-7-5-6-9(3)11(10)12-4/h4-5,7-8,13H,3,6,9-10H2,1-2H3;9H,5-7H2,1-4H3/t13-;9-/m00/s1. The first-order chi connectivity index (χ1) is 13.4. The lowest BCUT2D eigenvalue weighted by Gasteiger charge is -2.25. The lowest BCUT2D eigenvalue weighted by atomic mass is 9.83. The summed E-state index contributed by atoms with van der Waals surface area (Å²) in [6, 6.07) is 8.71. The van der Waals surface area contributed by atoms with Crippen LogP contribution in [0.2, 0.25) is 0 Å². The van der Waals surface area contributed by atoms with Gasteiger partial charge in [-0.2, -0.15) is 0 Å². The highest BCUT2D eigenvalue weighted by molar-refractivity contribution is 6.02. The molecular weight excluding hydrogens is 344 g/mol. The fraction of sp³-hybridized carbons (Fsp3) is 0.600. The van der Waals surface area contributed by atoms with Gasteiger partial charge in [-0.15, -0.1) is 0 Å². The van der Waals surface area contributed by atoms with Crippen LogP contribution in [-0.4, -0.2) is 30.1 Å². The Morgan fingerprint density at radius 1 is 1.18 bits per heavy atom. The molecule has 0 spiro atoms. The van der Waals surface area contributed by atoms with E-state index in [0.717, 1.165) is 19.4 Å². The van der Waals surface area contributed by atoms with Gasteiger partial charge in [0.25, 0.3) is 0 Å². The third-order valence-electron chi connectivity index (χ3n) is 6.11. The first-order valence-corrected chi connectivity index (χ1v) is 10.9. The van der Waals surface area contributed by atoms with E-state index in [0.29, 0.717) is 18.4 Å². The highest BCUT2D eigenvalue weighted by Crippen LogP contribution is 2.33. The molecule has 28 heavy (non-hydrogen) atoms. The lowest BCUT2D eigenvalue weighted by molar-refractivity contribution is -0.131. The van der Waals surface area contributed by atoms with Gasteiger partial charge in [-0.3, -0.25) is 9.79 Å². The van der Waals surface area contributed by atoms with Gasteiger partial charge in [0.05, 0.1) is 6.04 Å². The minimum Gasteiger partial charge on any atom is -0.336 e. The maximum atomic E-state index is 11.8. The second kappa shape index (κ2) is 10.6. The highest BCUT2D eigenvalue weighted by Gasteiger charge is 2.29. The summed E-state index contributed by atoms with van der Waals surface area (Å²) in [6.45, 7) is 11.7. The first kappa shape index (κ1) is 22.4. The molecule has 2 aliphatic rings. The number of hydrogen-bond donors (Lipinski definition) is 0. The van der Waals surface area contributed by atoms with Gasteiger partial charge in [0, 0.05) is 25.7 Å². The number of likely N-dealkylation sites (tertiary alicyclic amines) is 1. The Balaban J connectivity index is 0.000000209. The topological polar surface area (TPSA) is 32.7 Å². The molecule has 154 valence electrons. The van der Waals surface area contributed by atoms with Crippen molar-refractivity contribution < 1.29 is 4.79 Å². The summed E-state index contributed by atoms with van der Waals surface area (Å²) in [5, 5.41) is 0. The Hall–Kier alpha value is -1.90. The van der Waals surface area contributed by atoms with Gasteiger partial charge >= 0.3 is 0 Å². The second-order valence-corrected chi connectivity index (χ2v) is 8.34. The molecule has 1 saturated carbocycles. The van der Waals surface area contributed by atoms with E-state index in [1.165, 1.54) is 47.2 Å². The molecular formula is C25H38N2O. The molecule has 0 unspecified atom stereocenters. The average Bonchev–Trinajstić information content (AvgIpc) is 3.17. The van der Waals surface area contributed by atoms with Crippen molar-refractivity contribution in [2.45, 2.75) is 79.2 Å². The minimum atomic E-state index is 0.283. The molecule has 1 heterocycles. The maximum absolute atomic E-state index is 11.8. The normalized spacial score (nSPS) is 23.4. The largest absolute Gasteiger partial charge is 0.336 e. The summed E-state index contributed by atoms with van der Waals surface area (Å²) < 4.78 is 0. The van der Waals surface area contributed by atoms with Crippen LogP contribution in [0.25, 0.3) is 0 Å². The SMILES string of the molecule is CCC(=O)N1CCC[C@H]1c1ccccc1C.CN=C1C(=C(C)C)CCC[C@@H]1C. The molecule has 3 nitrogen and oxygen atoms in total. The van der Waals surface area contributed by atoms with Crippen molar-refractivity contribution in [2.24, 2.45) is 10.9 Å². The number of allylic oxidation sites excluding steroid dienone is 2. The third-order valence-corrected chi connectivity index (χ3v) is 6.11. The van der Waals surface area contributed by atoms with Gasteiger partial charge in [-0.25, -0.2) is 0 Å². The Labute approximate surface area is 171 Å². The fourth-order valence-corrected chi connectivity index (χ4v) is 4.56. The molecule has 1 amide bonds. The number of amides is 1. The molecule has 3 heteroatoms. The monoisotopic (exact) mass is 382 g/mol. The number of carbonyl (C=O) groups is 1. The summed E-state index contributed by atoms with van der Waals surface area (Å²) in [7, 11) is 1.92. The zero-order valence-electron chi connectivity index (χ0n) is 18.7. The Morgan fingerprint density at radius 3 is 2.46 bits per heavy atom. The van der Waals surface area contributed by atoms with E-state index >= 15 is 0 Å². The molecule has 0 bridgehead atoms. The molecule has 1 aromatic rings. The number of benzene rings is 1. The van der Waals surface area contributed by atoms with Crippen LogP contribution in [0, 0.1) is 12.8 Å². The summed E-state index contributed by atoms with van der Waals surface area (Å²) in [5.74, 6) is 0.958. The van der Waals surface area contributed by atoms with E-state index in [4.69, 9.17) is 0 Å². The van der Waals surface area contributed by atoms with Crippen LogP contribution < -0.4 is 0 Å². The van der Waals surface area contributed by atoms with Crippen molar-refractivity contribution in [3.63, 3.8) is 0 Å². The van der Waals surface area contributed by atoms with Crippen LogP contribution in [0.5, 0.6) is 0 Å². The number of carbonyl (C=O) groups excluding carboxylic acids is 1. The maximum Gasteiger partial charge on any atom is 0.222 e. The van der Waals surface area contributed by atoms with E-state index < -0.39 is 0 Å². The zero-order chi connectivity index (χ0) is 20.7. The van der Waals surface area contributed by atoms with E-state index in [9.17, 15) is 4.79 Å². The fourth-order valence-electron chi connectivity index (χ4n) is 4.56. The third kappa shape index (κ3) is 5.33. The van der Waals surface area contributed by atoms with Crippen molar-refractivity contribution in [3.8, 4) is 0 Å². The van der Waals surface area contributed by atoms with Crippen molar-refractivity contribution in [1.82, 2.24) is 4.90 Å². The Kier molecular flexibility index (Phi) is 8.47. The summed E-state index contributed by atoms with van der Waals surface area (Å²) >= 11 is 0.